The molecule has 0 spiro atoms. The van der Waals surface area contributed by atoms with Crippen LogP contribution in [0.5, 0.6) is 0 Å². The Morgan fingerprint density at radius 2 is 2.10 bits per heavy atom. The minimum absolute atomic E-state index is 0.0333. The molecule has 0 aliphatic heterocycles. The first-order chi connectivity index (χ1) is 9.30. The number of nitrogens with one attached hydrogen (secondary N) is 2. The number of hydrogen-bond acceptors (Lipinski definition) is 6. The molecule has 0 radical (unpaired) electrons. The molecular weight excluding hydrogens is 292 g/mol. The summed E-state index contributed by atoms with van der Waals surface area (Å²) in [6, 6.07) is 0.237. The maximum absolute atomic E-state index is 11.7. The van der Waals surface area contributed by atoms with Crippen LogP contribution >= 0.6 is 23.1 Å². The summed E-state index contributed by atoms with van der Waals surface area (Å²) in [6.07, 6.45) is 2.09. The predicted octanol–water partition coefficient (Wildman–Crippen LogP) is 3.15. The summed E-state index contributed by atoms with van der Waals surface area (Å²) in [5, 5.41) is 15.2. The van der Waals surface area contributed by atoms with Crippen molar-refractivity contribution in [1.82, 2.24) is 15.5 Å². The second-order valence-corrected chi connectivity index (χ2v) is 7.99. The van der Waals surface area contributed by atoms with Crippen molar-refractivity contribution >= 4 is 34.1 Å². The standard InChI is InChI=1S/C13H24N4OS2/c1-6-7-9(2)14-10(18)8-19-12-17-16-11(20-12)15-13(3,4)5/h9H,6-8H2,1-5H3,(H,14,18)(H,15,16). The number of anilines is 1. The third kappa shape index (κ3) is 7.09. The van der Waals surface area contributed by atoms with Gasteiger partial charge in [-0.25, -0.2) is 0 Å². The number of amides is 1. The number of carbonyl (C=O) groups is 1. The van der Waals surface area contributed by atoms with Gasteiger partial charge in [0, 0.05) is 11.6 Å². The largest absolute Gasteiger partial charge is 0.355 e. The monoisotopic (exact) mass is 316 g/mol. The minimum Gasteiger partial charge on any atom is -0.355 e. The van der Waals surface area contributed by atoms with E-state index in [0.29, 0.717) is 5.75 Å². The Labute approximate surface area is 129 Å². The Balaban J connectivity index is 2.37. The lowest BCUT2D eigenvalue weighted by Crippen LogP contribution is -2.33. The van der Waals surface area contributed by atoms with Gasteiger partial charge in [0.15, 0.2) is 4.34 Å². The Morgan fingerprint density at radius 1 is 1.40 bits per heavy atom. The topological polar surface area (TPSA) is 66.9 Å². The molecule has 114 valence electrons. The molecule has 0 aromatic carbocycles. The van der Waals surface area contributed by atoms with Gasteiger partial charge in [0.1, 0.15) is 0 Å². The molecule has 2 N–H and O–H groups in total. The van der Waals surface area contributed by atoms with Gasteiger partial charge < -0.3 is 10.6 Å². The zero-order valence-electron chi connectivity index (χ0n) is 12.8. The molecule has 1 unspecified atom stereocenters. The molecule has 7 heteroatoms. The van der Waals surface area contributed by atoms with Gasteiger partial charge in [-0.05, 0) is 34.1 Å². The molecular formula is C13H24N4OS2. The molecule has 1 aromatic rings. The zero-order valence-corrected chi connectivity index (χ0v) is 14.5. The molecule has 0 aliphatic rings. The lowest BCUT2D eigenvalue weighted by atomic mass is 10.1. The van der Waals surface area contributed by atoms with Crippen molar-refractivity contribution in [2.24, 2.45) is 0 Å². The summed E-state index contributed by atoms with van der Waals surface area (Å²) < 4.78 is 0.815. The highest BCUT2D eigenvalue weighted by Crippen LogP contribution is 2.27. The third-order valence-electron chi connectivity index (χ3n) is 2.34. The minimum atomic E-state index is -0.0333. The van der Waals surface area contributed by atoms with E-state index in [-0.39, 0.29) is 17.5 Å². The second kappa shape index (κ2) is 7.83. The SMILES string of the molecule is CCCC(C)NC(=O)CSc1nnc(NC(C)(C)C)s1. The summed E-state index contributed by atoms with van der Waals surface area (Å²) in [6.45, 7) is 10.4. The highest BCUT2D eigenvalue weighted by Gasteiger charge is 2.14. The number of aromatic nitrogens is 2. The molecule has 0 bridgehead atoms. The van der Waals surface area contributed by atoms with E-state index in [1.54, 1.807) is 0 Å². The molecule has 1 atom stereocenters. The summed E-state index contributed by atoms with van der Waals surface area (Å²) >= 11 is 2.91. The molecule has 0 fully saturated rings. The summed E-state index contributed by atoms with van der Waals surface area (Å²) in [4.78, 5) is 11.7. The van der Waals surface area contributed by atoms with Crippen LogP contribution in [0.4, 0.5) is 5.13 Å². The van der Waals surface area contributed by atoms with Gasteiger partial charge in [0.25, 0.3) is 0 Å². The van der Waals surface area contributed by atoms with Gasteiger partial charge in [-0.3, -0.25) is 4.79 Å². The van der Waals surface area contributed by atoms with Gasteiger partial charge in [-0.15, -0.1) is 10.2 Å². The fourth-order valence-corrected chi connectivity index (χ4v) is 3.36. The van der Waals surface area contributed by atoms with Crippen molar-refractivity contribution < 1.29 is 4.79 Å². The maximum atomic E-state index is 11.7. The fourth-order valence-electron chi connectivity index (χ4n) is 1.59. The summed E-state index contributed by atoms with van der Waals surface area (Å²) in [5.74, 6) is 0.439. The number of carbonyl (C=O) groups excluding carboxylic acids is 1. The number of nitrogens with zero attached hydrogens (tertiary/aromatic N) is 2. The number of hydrogen-bond donors (Lipinski definition) is 2. The van der Waals surface area contributed by atoms with Crippen LogP contribution in [0.15, 0.2) is 4.34 Å². The number of thioether (sulfide) groups is 1. The van der Waals surface area contributed by atoms with Crippen LogP contribution in [0.2, 0.25) is 0 Å². The first kappa shape index (κ1) is 17.2. The molecule has 0 saturated heterocycles. The van der Waals surface area contributed by atoms with E-state index < -0.39 is 0 Å². The first-order valence-corrected chi connectivity index (χ1v) is 8.64. The Hall–Kier alpha value is -0.820. The molecule has 5 nitrogen and oxygen atoms in total. The smallest absolute Gasteiger partial charge is 0.230 e. The van der Waals surface area contributed by atoms with E-state index >= 15 is 0 Å². The van der Waals surface area contributed by atoms with Crippen LogP contribution in [0.25, 0.3) is 0 Å². The van der Waals surface area contributed by atoms with E-state index in [1.165, 1.54) is 23.1 Å². The Kier molecular flexibility index (Phi) is 6.75. The molecule has 1 heterocycles. The van der Waals surface area contributed by atoms with Crippen molar-refractivity contribution in [1.29, 1.82) is 0 Å². The second-order valence-electron chi connectivity index (χ2n) is 5.79. The molecule has 1 amide bonds. The van der Waals surface area contributed by atoms with Crippen molar-refractivity contribution in [3.63, 3.8) is 0 Å². The first-order valence-electron chi connectivity index (χ1n) is 6.84. The van der Waals surface area contributed by atoms with Crippen LogP contribution < -0.4 is 10.6 Å². The van der Waals surface area contributed by atoms with Crippen LogP contribution in [0.3, 0.4) is 0 Å². The maximum Gasteiger partial charge on any atom is 0.230 e. The molecule has 0 aliphatic carbocycles. The lowest BCUT2D eigenvalue weighted by Gasteiger charge is -2.18. The van der Waals surface area contributed by atoms with Crippen LogP contribution in [0.1, 0.15) is 47.5 Å². The van der Waals surface area contributed by atoms with Gasteiger partial charge >= 0.3 is 0 Å². The van der Waals surface area contributed by atoms with Gasteiger partial charge in [0.05, 0.1) is 5.75 Å². The van der Waals surface area contributed by atoms with Crippen LogP contribution in [0, 0.1) is 0 Å². The lowest BCUT2D eigenvalue weighted by molar-refractivity contribution is -0.119. The highest BCUT2D eigenvalue weighted by atomic mass is 32.2. The summed E-state index contributed by atoms with van der Waals surface area (Å²) in [5.41, 5.74) is -0.0333. The molecule has 0 saturated carbocycles. The predicted molar refractivity (Wildman–Crippen MR) is 86.5 cm³/mol. The third-order valence-corrected chi connectivity index (χ3v) is 4.32. The molecule has 20 heavy (non-hydrogen) atoms. The average molecular weight is 316 g/mol. The quantitative estimate of drug-likeness (QED) is 0.756. The molecule has 1 aromatic heterocycles. The van der Waals surface area contributed by atoms with E-state index in [2.05, 4.69) is 48.5 Å². The van der Waals surface area contributed by atoms with E-state index in [9.17, 15) is 4.79 Å². The summed E-state index contributed by atoms with van der Waals surface area (Å²) in [7, 11) is 0. The van der Waals surface area contributed by atoms with Crippen molar-refractivity contribution in [3.8, 4) is 0 Å². The Morgan fingerprint density at radius 3 is 2.70 bits per heavy atom. The fraction of sp³-hybridized carbons (Fsp3) is 0.769. The van der Waals surface area contributed by atoms with Crippen molar-refractivity contribution in [2.45, 2.75) is 63.4 Å². The van der Waals surface area contributed by atoms with Gasteiger partial charge in [0.2, 0.25) is 11.0 Å². The van der Waals surface area contributed by atoms with E-state index in [4.69, 9.17) is 0 Å². The van der Waals surface area contributed by atoms with E-state index in [0.717, 1.165) is 22.3 Å². The Bertz CT molecular complexity index is 428. The average Bonchev–Trinajstić information content (AvgIpc) is 2.72. The van der Waals surface area contributed by atoms with E-state index in [1.807, 2.05) is 6.92 Å². The molecule has 1 rings (SSSR count). The van der Waals surface area contributed by atoms with Gasteiger partial charge in [-0.1, -0.05) is 36.4 Å². The van der Waals surface area contributed by atoms with Crippen molar-refractivity contribution in [3.05, 3.63) is 0 Å². The van der Waals surface area contributed by atoms with Gasteiger partial charge in [-0.2, -0.15) is 0 Å². The highest BCUT2D eigenvalue weighted by molar-refractivity contribution is 8.01. The zero-order chi connectivity index (χ0) is 15.2. The normalized spacial score (nSPS) is 13.1. The van der Waals surface area contributed by atoms with Crippen LogP contribution in [-0.4, -0.2) is 33.4 Å². The number of rotatable bonds is 7. The van der Waals surface area contributed by atoms with Crippen molar-refractivity contribution in [2.75, 3.05) is 11.1 Å². The van der Waals surface area contributed by atoms with Crippen LogP contribution in [-0.2, 0) is 4.79 Å².